The Morgan fingerprint density at radius 1 is 1.12 bits per heavy atom. The summed E-state index contributed by atoms with van der Waals surface area (Å²) in [6, 6.07) is 18.7. The van der Waals surface area contributed by atoms with Gasteiger partial charge in [-0.1, -0.05) is 48.2 Å². The fraction of sp³-hybridized carbons (Fsp3) is 0.308. The van der Waals surface area contributed by atoms with E-state index in [0.717, 1.165) is 29.7 Å². The van der Waals surface area contributed by atoms with Crippen molar-refractivity contribution in [1.82, 2.24) is 14.5 Å². The quantitative estimate of drug-likeness (QED) is 0.466. The largest absolute Gasteiger partial charge is 0.393 e. The minimum atomic E-state index is -0.731. The third kappa shape index (κ3) is 4.59. The first-order valence-corrected chi connectivity index (χ1v) is 10.7. The molecule has 2 N–H and O–H groups in total. The molecule has 1 saturated heterocycles. The number of likely N-dealkylation sites (tertiary alicyclic amines) is 1. The molecule has 0 saturated carbocycles. The number of aromatic nitrogens is 2. The van der Waals surface area contributed by atoms with Crippen LogP contribution < -0.4 is 0 Å². The zero-order valence-corrected chi connectivity index (χ0v) is 18.0. The molecule has 0 aliphatic carbocycles. The molecule has 1 aromatic heterocycles. The summed E-state index contributed by atoms with van der Waals surface area (Å²) in [5.41, 5.74) is 4.34. The predicted molar refractivity (Wildman–Crippen MR) is 122 cm³/mol. The summed E-state index contributed by atoms with van der Waals surface area (Å²) in [4.78, 5) is 6.33. The van der Waals surface area contributed by atoms with Crippen molar-refractivity contribution in [2.75, 3.05) is 19.7 Å². The van der Waals surface area contributed by atoms with Gasteiger partial charge in [-0.15, -0.1) is 0 Å². The summed E-state index contributed by atoms with van der Waals surface area (Å²) >= 11 is 0. The van der Waals surface area contributed by atoms with Crippen LogP contribution in [0.15, 0.2) is 60.9 Å². The Kier molecular flexibility index (Phi) is 6.68. The fourth-order valence-electron chi connectivity index (χ4n) is 4.02. The minimum absolute atomic E-state index is 0.166. The Bertz CT molecular complexity index is 1150. The molecular formula is C26H26N4O2. The van der Waals surface area contributed by atoms with Gasteiger partial charge in [-0.25, -0.2) is 4.98 Å². The highest BCUT2D eigenvalue weighted by Gasteiger charge is 2.28. The fourth-order valence-corrected chi connectivity index (χ4v) is 4.02. The number of benzene rings is 2. The normalized spacial score (nSPS) is 17.5. The van der Waals surface area contributed by atoms with E-state index >= 15 is 0 Å². The van der Waals surface area contributed by atoms with E-state index in [9.17, 15) is 10.2 Å². The van der Waals surface area contributed by atoms with E-state index < -0.39 is 12.1 Å². The van der Waals surface area contributed by atoms with Gasteiger partial charge in [0.25, 0.3) is 0 Å². The number of rotatable bonds is 6. The van der Waals surface area contributed by atoms with Crippen LogP contribution in [0.1, 0.15) is 48.5 Å². The molecule has 4 rings (SSSR count). The molecule has 2 aromatic carbocycles. The lowest BCUT2D eigenvalue weighted by Gasteiger charge is -2.39. The molecule has 6 heteroatoms. The summed E-state index contributed by atoms with van der Waals surface area (Å²) in [6.45, 7) is 2.94. The van der Waals surface area contributed by atoms with E-state index in [0.29, 0.717) is 18.4 Å². The van der Waals surface area contributed by atoms with Crippen LogP contribution in [0.5, 0.6) is 0 Å². The third-order valence-electron chi connectivity index (χ3n) is 5.88. The zero-order chi connectivity index (χ0) is 22.5. The van der Waals surface area contributed by atoms with Crippen molar-refractivity contribution >= 4 is 0 Å². The molecule has 0 amide bonds. The van der Waals surface area contributed by atoms with E-state index in [4.69, 9.17) is 5.26 Å². The van der Waals surface area contributed by atoms with Crippen LogP contribution in [0.4, 0.5) is 0 Å². The number of nitrogens with zero attached hydrogens (tertiary/aromatic N) is 4. The van der Waals surface area contributed by atoms with Gasteiger partial charge in [-0.3, -0.25) is 4.90 Å². The van der Waals surface area contributed by atoms with Gasteiger partial charge in [-0.2, -0.15) is 5.26 Å². The van der Waals surface area contributed by atoms with Gasteiger partial charge in [0.2, 0.25) is 0 Å². The predicted octanol–water partition coefficient (Wildman–Crippen LogP) is 3.46. The molecule has 162 valence electrons. The van der Waals surface area contributed by atoms with Crippen LogP contribution in [0.3, 0.4) is 0 Å². The van der Waals surface area contributed by atoms with Crippen LogP contribution in [0.25, 0.3) is 11.1 Å². The maximum atomic E-state index is 9.84. The van der Waals surface area contributed by atoms with E-state index in [1.165, 1.54) is 5.56 Å². The summed E-state index contributed by atoms with van der Waals surface area (Å²) in [6.07, 6.45) is 3.68. The van der Waals surface area contributed by atoms with Crippen LogP contribution in [-0.4, -0.2) is 44.4 Å². The number of imidazole rings is 1. The highest BCUT2D eigenvalue weighted by atomic mass is 16.3. The van der Waals surface area contributed by atoms with Crippen molar-refractivity contribution in [3.8, 4) is 29.0 Å². The Morgan fingerprint density at radius 2 is 1.81 bits per heavy atom. The van der Waals surface area contributed by atoms with Crippen molar-refractivity contribution < 1.29 is 10.2 Å². The van der Waals surface area contributed by atoms with E-state index in [1.54, 1.807) is 23.9 Å². The van der Waals surface area contributed by atoms with Crippen LogP contribution >= 0.6 is 0 Å². The van der Waals surface area contributed by atoms with Crippen molar-refractivity contribution in [3.05, 3.63) is 77.9 Å². The molecule has 1 fully saturated rings. The van der Waals surface area contributed by atoms with Crippen LogP contribution in [-0.2, 0) is 0 Å². The standard InChI is InChI=1S/C26H26N4O2/c1-19(32)26-28-14-17-30(26)24(18-31)11-4-20-2-5-21(6-3-20)22-7-9-23(10-8-22)25-12-15-29(25)16-13-27/h2-3,5-10,14,17,19,24-25,31-32H,12,15-16,18H2,1H3/t19-,24-,25-/m0/s1. The first-order chi connectivity index (χ1) is 15.6. The van der Waals surface area contributed by atoms with Gasteiger partial charge in [0.15, 0.2) is 0 Å². The smallest absolute Gasteiger partial charge is 0.138 e. The Hall–Kier alpha value is -3.42. The summed E-state index contributed by atoms with van der Waals surface area (Å²) < 4.78 is 1.70. The second kappa shape index (κ2) is 9.80. The average Bonchev–Trinajstić information content (AvgIpc) is 3.28. The second-order valence-electron chi connectivity index (χ2n) is 7.97. The average molecular weight is 427 g/mol. The lowest BCUT2D eigenvalue weighted by molar-refractivity contribution is 0.109. The first kappa shape index (κ1) is 21.8. The van der Waals surface area contributed by atoms with Crippen molar-refractivity contribution in [3.63, 3.8) is 0 Å². The lowest BCUT2D eigenvalue weighted by Crippen LogP contribution is -2.40. The lowest BCUT2D eigenvalue weighted by atomic mass is 9.93. The highest BCUT2D eigenvalue weighted by molar-refractivity contribution is 5.64. The number of hydrogen-bond donors (Lipinski definition) is 2. The Morgan fingerprint density at radius 3 is 2.38 bits per heavy atom. The minimum Gasteiger partial charge on any atom is -0.393 e. The van der Waals surface area contributed by atoms with Crippen molar-refractivity contribution in [2.24, 2.45) is 0 Å². The van der Waals surface area contributed by atoms with Crippen molar-refractivity contribution in [2.45, 2.75) is 31.5 Å². The molecular weight excluding hydrogens is 400 g/mol. The van der Waals surface area contributed by atoms with Crippen LogP contribution in [0, 0.1) is 23.2 Å². The van der Waals surface area contributed by atoms with Gasteiger partial charge >= 0.3 is 0 Å². The SMILES string of the molecule is C[C@H](O)c1nccn1[C@@H](C#Cc1ccc(-c2ccc([C@@H]3CCN3CC#N)cc2)cc1)CO. The Balaban J connectivity index is 1.46. The molecule has 32 heavy (non-hydrogen) atoms. The zero-order valence-electron chi connectivity index (χ0n) is 18.0. The number of aliphatic hydroxyl groups is 2. The highest BCUT2D eigenvalue weighted by Crippen LogP contribution is 2.33. The van der Waals surface area contributed by atoms with E-state index in [-0.39, 0.29) is 6.61 Å². The second-order valence-corrected chi connectivity index (χ2v) is 7.97. The summed E-state index contributed by atoms with van der Waals surface area (Å²) in [7, 11) is 0. The molecule has 6 nitrogen and oxygen atoms in total. The molecule has 0 bridgehead atoms. The van der Waals surface area contributed by atoms with Gasteiger partial charge < -0.3 is 14.8 Å². The first-order valence-electron chi connectivity index (χ1n) is 10.7. The molecule has 2 heterocycles. The van der Waals surface area contributed by atoms with Gasteiger partial charge in [-0.05, 0) is 42.2 Å². The molecule has 1 aliphatic heterocycles. The van der Waals surface area contributed by atoms with Gasteiger partial charge in [0.1, 0.15) is 18.0 Å². The molecule has 3 atom stereocenters. The van der Waals surface area contributed by atoms with Crippen molar-refractivity contribution in [1.29, 1.82) is 5.26 Å². The molecule has 0 unspecified atom stereocenters. The van der Waals surface area contributed by atoms with Crippen LogP contribution in [0.2, 0.25) is 0 Å². The molecule has 1 aliphatic rings. The number of aliphatic hydroxyl groups excluding tert-OH is 2. The third-order valence-corrected chi connectivity index (χ3v) is 5.88. The van der Waals surface area contributed by atoms with Gasteiger partial charge in [0, 0.05) is 30.5 Å². The Labute approximate surface area is 188 Å². The summed E-state index contributed by atoms with van der Waals surface area (Å²) in [5, 5.41) is 28.5. The topological polar surface area (TPSA) is 85.3 Å². The maximum Gasteiger partial charge on any atom is 0.138 e. The van der Waals surface area contributed by atoms with E-state index in [1.807, 2.05) is 24.3 Å². The number of nitriles is 1. The monoisotopic (exact) mass is 426 g/mol. The maximum absolute atomic E-state index is 9.84. The van der Waals surface area contributed by atoms with Gasteiger partial charge in [0.05, 0.1) is 19.2 Å². The van der Waals surface area contributed by atoms with E-state index in [2.05, 4.69) is 52.1 Å². The summed E-state index contributed by atoms with van der Waals surface area (Å²) in [5.74, 6) is 6.67. The number of hydrogen-bond acceptors (Lipinski definition) is 5. The molecule has 3 aromatic rings. The molecule has 0 radical (unpaired) electrons. The molecule has 0 spiro atoms.